The van der Waals surface area contributed by atoms with Gasteiger partial charge in [0.1, 0.15) is 17.7 Å². The fourth-order valence-corrected chi connectivity index (χ4v) is 3.11. The molecular weight excluding hydrogens is 378 g/mol. The van der Waals surface area contributed by atoms with Crippen LogP contribution in [0.1, 0.15) is 67.2 Å². The molecule has 29 heavy (non-hydrogen) atoms. The predicted octanol–water partition coefficient (Wildman–Crippen LogP) is 1.80. The molecule has 0 aromatic carbocycles. The highest BCUT2D eigenvalue weighted by atomic mass is 16.6. The summed E-state index contributed by atoms with van der Waals surface area (Å²) in [5, 5.41) is 17.3. The molecule has 1 aliphatic rings. The van der Waals surface area contributed by atoms with Crippen LogP contribution in [0.4, 0.5) is 4.79 Å². The lowest BCUT2D eigenvalue weighted by atomic mass is 9.87. The second-order valence-corrected chi connectivity index (χ2v) is 9.73. The summed E-state index contributed by atoms with van der Waals surface area (Å²) in [7, 11) is 0. The smallest absolute Gasteiger partial charge is 0.408 e. The van der Waals surface area contributed by atoms with Gasteiger partial charge in [-0.25, -0.2) is 9.59 Å². The quantitative estimate of drug-likeness (QED) is 0.503. The van der Waals surface area contributed by atoms with Crippen LogP contribution in [0.15, 0.2) is 0 Å². The molecule has 3 atom stereocenters. The Morgan fingerprint density at radius 1 is 1.14 bits per heavy atom. The molecule has 1 heterocycles. The summed E-state index contributed by atoms with van der Waals surface area (Å²) in [4.78, 5) is 48.6. The van der Waals surface area contributed by atoms with E-state index in [9.17, 15) is 24.3 Å². The van der Waals surface area contributed by atoms with Crippen molar-refractivity contribution in [3.8, 4) is 0 Å². The van der Waals surface area contributed by atoms with E-state index in [0.29, 0.717) is 13.0 Å². The van der Waals surface area contributed by atoms with Crippen LogP contribution in [0.3, 0.4) is 0 Å². The van der Waals surface area contributed by atoms with Crippen molar-refractivity contribution < 1.29 is 29.0 Å². The molecule has 4 N–H and O–H groups in total. The molecule has 3 unspecified atom stereocenters. The van der Waals surface area contributed by atoms with E-state index < -0.39 is 41.6 Å². The van der Waals surface area contributed by atoms with Crippen LogP contribution in [-0.2, 0) is 19.1 Å². The molecule has 0 aliphatic carbocycles. The predicted molar refractivity (Wildman–Crippen MR) is 107 cm³/mol. The zero-order valence-electron chi connectivity index (χ0n) is 18.3. The van der Waals surface area contributed by atoms with Crippen molar-refractivity contribution in [3.05, 3.63) is 0 Å². The molecule has 1 rings (SSSR count). The largest absolute Gasteiger partial charge is 0.480 e. The highest BCUT2D eigenvalue weighted by Crippen LogP contribution is 2.22. The highest BCUT2D eigenvalue weighted by Gasteiger charge is 2.34. The maximum atomic E-state index is 12.8. The van der Waals surface area contributed by atoms with Gasteiger partial charge in [-0.15, -0.1) is 0 Å². The Morgan fingerprint density at radius 2 is 1.76 bits per heavy atom. The molecule has 0 radical (unpaired) electrons. The topological polar surface area (TPSA) is 134 Å². The molecule has 0 saturated carbocycles. The summed E-state index contributed by atoms with van der Waals surface area (Å²) in [5.41, 5.74) is -1.04. The average Bonchev–Trinajstić information content (AvgIpc) is 2.52. The number of carbonyl (C=O) groups excluding carboxylic acids is 3. The third-order valence-electron chi connectivity index (χ3n) is 4.36. The first-order chi connectivity index (χ1) is 13.2. The lowest BCUT2D eigenvalue weighted by molar-refractivity contribution is -0.143. The van der Waals surface area contributed by atoms with Crippen molar-refractivity contribution in [2.75, 3.05) is 6.54 Å². The number of ether oxygens (including phenoxy) is 1. The van der Waals surface area contributed by atoms with E-state index in [-0.39, 0.29) is 24.2 Å². The number of carbonyl (C=O) groups is 4. The van der Waals surface area contributed by atoms with E-state index in [4.69, 9.17) is 4.74 Å². The minimum Gasteiger partial charge on any atom is -0.480 e. The molecule has 166 valence electrons. The van der Waals surface area contributed by atoms with E-state index in [0.717, 1.165) is 6.42 Å². The lowest BCUT2D eigenvalue weighted by Crippen LogP contribution is -2.54. The van der Waals surface area contributed by atoms with Crippen LogP contribution in [-0.4, -0.2) is 53.2 Å². The first-order valence-corrected chi connectivity index (χ1v) is 9.98. The van der Waals surface area contributed by atoms with Crippen LogP contribution in [0, 0.1) is 11.3 Å². The van der Waals surface area contributed by atoms with Gasteiger partial charge in [0.05, 0.1) is 0 Å². The number of aliphatic carboxylic acids is 1. The zero-order chi connectivity index (χ0) is 22.4. The summed E-state index contributed by atoms with van der Waals surface area (Å²) >= 11 is 0. The summed E-state index contributed by atoms with van der Waals surface area (Å²) in [6.45, 7) is 11.4. The van der Waals surface area contributed by atoms with Gasteiger partial charge in [-0.05, 0) is 51.9 Å². The zero-order valence-corrected chi connectivity index (χ0v) is 18.3. The van der Waals surface area contributed by atoms with E-state index in [1.807, 2.05) is 20.8 Å². The second kappa shape index (κ2) is 9.93. The number of hydrogen-bond acceptors (Lipinski definition) is 5. The molecule has 1 saturated heterocycles. The van der Waals surface area contributed by atoms with Gasteiger partial charge in [-0.1, -0.05) is 20.8 Å². The van der Waals surface area contributed by atoms with E-state index >= 15 is 0 Å². The van der Waals surface area contributed by atoms with E-state index in [1.54, 1.807) is 20.8 Å². The van der Waals surface area contributed by atoms with E-state index in [2.05, 4.69) is 16.0 Å². The van der Waals surface area contributed by atoms with Gasteiger partial charge in [0.15, 0.2) is 0 Å². The molecule has 9 nitrogen and oxygen atoms in total. The number of rotatable bonds is 7. The summed E-state index contributed by atoms with van der Waals surface area (Å²) < 4.78 is 5.22. The number of piperidine rings is 1. The van der Waals surface area contributed by atoms with Crippen LogP contribution >= 0.6 is 0 Å². The number of carboxylic acid groups (broad SMARTS) is 1. The van der Waals surface area contributed by atoms with Crippen molar-refractivity contribution in [3.63, 3.8) is 0 Å². The third kappa shape index (κ3) is 9.62. The van der Waals surface area contributed by atoms with Crippen LogP contribution in [0.2, 0.25) is 0 Å². The number of hydrogen-bond donors (Lipinski definition) is 4. The Morgan fingerprint density at radius 3 is 2.24 bits per heavy atom. The van der Waals surface area contributed by atoms with Crippen LogP contribution in [0.25, 0.3) is 0 Å². The van der Waals surface area contributed by atoms with Gasteiger partial charge in [0.25, 0.3) is 0 Å². The maximum Gasteiger partial charge on any atom is 0.408 e. The Bertz CT molecular complexity index is 621. The molecule has 1 aliphatic heterocycles. The molecule has 1 fully saturated rings. The van der Waals surface area contributed by atoms with Crippen molar-refractivity contribution in [2.45, 2.75) is 84.9 Å². The Balaban J connectivity index is 2.87. The Kier molecular flexibility index (Phi) is 8.47. The Hall–Kier alpha value is -2.32. The van der Waals surface area contributed by atoms with Gasteiger partial charge >= 0.3 is 12.1 Å². The van der Waals surface area contributed by atoms with E-state index in [1.165, 1.54) is 0 Å². The first-order valence-electron chi connectivity index (χ1n) is 9.98. The minimum atomic E-state index is -1.22. The average molecular weight is 414 g/mol. The fraction of sp³-hybridized carbons (Fsp3) is 0.800. The van der Waals surface area contributed by atoms with Crippen LogP contribution in [0.5, 0.6) is 0 Å². The monoisotopic (exact) mass is 413 g/mol. The van der Waals surface area contributed by atoms with Crippen LogP contribution < -0.4 is 16.0 Å². The molecule has 0 aromatic heterocycles. The molecule has 0 bridgehead atoms. The minimum absolute atomic E-state index is 0.00157. The molecule has 0 spiro atoms. The highest BCUT2D eigenvalue weighted by molar-refractivity contribution is 5.89. The van der Waals surface area contributed by atoms with Crippen molar-refractivity contribution in [1.82, 2.24) is 16.0 Å². The first kappa shape index (κ1) is 24.7. The number of amides is 3. The van der Waals surface area contributed by atoms with Gasteiger partial charge in [0.2, 0.25) is 11.8 Å². The number of carboxylic acids is 1. The summed E-state index contributed by atoms with van der Waals surface area (Å²) in [6, 6.07) is -2.19. The fourth-order valence-electron chi connectivity index (χ4n) is 3.11. The second-order valence-electron chi connectivity index (χ2n) is 9.73. The molecular formula is C20H35N3O6. The number of alkyl carbamates (subject to hydrolysis) is 1. The summed E-state index contributed by atoms with van der Waals surface area (Å²) in [6.07, 6.45) is 0.882. The normalized spacial score (nSPS) is 19.5. The van der Waals surface area contributed by atoms with Gasteiger partial charge in [-0.3, -0.25) is 9.59 Å². The van der Waals surface area contributed by atoms with Crippen molar-refractivity contribution >= 4 is 23.9 Å². The summed E-state index contributed by atoms with van der Waals surface area (Å²) in [5.74, 6) is -2.50. The van der Waals surface area contributed by atoms with Gasteiger partial charge in [-0.2, -0.15) is 0 Å². The number of nitrogens with one attached hydrogen (secondary N) is 3. The van der Waals surface area contributed by atoms with Gasteiger partial charge in [0, 0.05) is 12.5 Å². The maximum absolute atomic E-state index is 12.8. The molecule has 0 aromatic rings. The molecule has 3 amide bonds. The lowest BCUT2D eigenvalue weighted by Gasteiger charge is -2.29. The van der Waals surface area contributed by atoms with Crippen molar-refractivity contribution in [2.24, 2.45) is 11.3 Å². The Labute approximate surface area is 172 Å². The van der Waals surface area contributed by atoms with Crippen molar-refractivity contribution in [1.29, 1.82) is 0 Å². The SMILES string of the molecule is CC(C)(C)CC(NC(=O)OC(C)(C)C)C(=O)NC(CC1CCCNC1=O)C(=O)O. The molecule has 9 heteroatoms. The third-order valence-corrected chi connectivity index (χ3v) is 4.36. The van der Waals surface area contributed by atoms with Gasteiger partial charge < -0.3 is 25.8 Å². The standard InChI is InChI=1S/C20H35N3O6/c1-19(2,3)11-14(23-18(28)29-20(4,5)6)16(25)22-13(17(26)27)10-12-8-7-9-21-15(12)24/h12-14H,7-11H2,1-6H3,(H,21,24)(H,22,25)(H,23,28)(H,26,27).